The molecule has 3 atom stereocenters. The number of carbonyl (C=O) groups excluding carboxylic acids is 4. The third kappa shape index (κ3) is 9.64. The van der Waals surface area contributed by atoms with E-state index in [2.05, 4.69) is 25.7 Å². The van der Waals surface area contributed by atoms with E-state index < -0.39 is 54.7 Å². The first-order chi connectivity index (χ1) is 20.9. The highest BCUT2D eigenvalue weighted by Crippen LogP contribution is 2.26. The molecule has 44 heavy (non-hydrogen) atoms. The van der Waals surface area contributed by atoms with Gasteiger partial charge in [0.25, 0.3) is 5.91 Å². The highest BCUT2D eigenvalue weighted by molar-refractivity contribution is 6.30. The van der Waals surface area contributed by atoms with E-state index in [0.717, 1.165) is 13.3 Å². The van der Waals surface area contributed by atoms with Gasteiger partial charge in [-0.05, 0) is 46.9 Å². The van der Waals surface area contributed by atoms with Gasteiger partial charge in [0.1, 0.15) is 11.9 Å². The minimum atomic E-state index is -1.76. The second-order valence-electron chi connectivity index (χ2n) is 9.87. The van der Waals surface area contributed by atoms with Crippen LogP contribution < -0.4 is 10.6 Å². The number of aliphatic hydroxyl groups excluding tert-OH is 1. The lowest BCUT2D eigenvalue weighted by Gasteiger charge is -2.22. The van der Waals surface area contributed by atoms with Crippen LogP contribution in [0.1, 0.15) is 36.3 Å². The summed E-state index contributed by atoms with van der Waals surface area (Å²) in [7, 11) is 1.13. The molecule has 236 valence electrons. The molecule has 2 aromatic carbocycles. The number of nitrogens with zero attached hydrogens (tertiary/aromatic N) is 3. The topological polar surface area (TPSA) is 191 Å². The predicted molar refractivity (Wildman–Crippen MR) is 151 cm³/mol. The number of halogens is 2. The first kappa shape index (κ1) is 33.7. The molecule has 3 rings (SSSR count). The van der Waals surface area contributed by atoms with Gasteiger partial charge in [-0.1, -0.05) is 54.6 Å². The number of esters is 2. The lowest BCUT2D eigenvalue weighted by atomic mass is 9.97. The lowest BCUT2D eigenvalue weighted by Crippen LogP contribution is -2.45. The molecule has 16 heteroatoms. The van der Waals surface area contributed by atoms with Crippen molar-refractivity contribution >= 4 is 35.5 Å². The summed E-state index contributed by atoms with van der Waals surface area (Å²) in [6.07, 6.45) is -1.89. The van der Waals surface area contributed by atoms with Crippen LogP contribution in [0.25, 0.3) is 11.1 Å². The van der Waals surface area contributed by atoms with Crippen LogP contribution in [0.15, 0.2) is 48.7 Å². The molecule has 0 radical (unpaired) electrons. The van der Waals surface area contributed by atoms with Crippen LogP contribution in [-0.2, 0) is 30.2 Å². The van der Waals surface area contributed by atoms with Crippen LogP contribution in [0.4, 0.5) is 9.18 Å². The number of amides is 2. The summed E-state index contributed by atoms with van der Waals surface area (Å²) < 4.78 is 28.6. The molecule has 0 spiro atoms. The van der Waals surface area contributed by atoms with Gasteiger partial charge in [-0.2, -0.15) is 0 Å². The number of nitrogens with one attached hydrogen (secondary N) is 2. The molecule has 0 bridgehead atoms. The molecular formula is C28H31ClFN5O9. The number of hydrogen-bond donors (Lipinski definition) is 4. The largest absolute Gasteiger partial charge is 0.453 e. The van der Waals surface area contributed by atoms with Gasteiger partial charge in [-0.25, -0.2) is 18.8 Å². The van der Waals surface area contributed by atoms with Crippen LogP contribution in [0, 0.1) is 11.7 Å². The predicted octanol–water partition coefficient (Wildman–Crippen LogP) is 2.49. The van der Waals surface area contributed by atoms with Gasteiger partial charge < -0.3 is 35.2 Å². The minimum Gasteiger partial charge on any atom is -0.453 e. The Hall–Kier alpha value is -4.76. The van der Waals surface area contributed by atoms with E-state index in [0.29, 0.717) is 26.6 Å². The highest BCUT2D eigenvalue weighted by Gasteiger charge is 2.28. The molecule has 0 fully saturated rings. The Labute approximate surface area is 256 Å². The van der Waals surface area contributed by atoms with Crippen molar-refractivity contribution in [3.05, 3.63) is 70.8 Å². The SMILES string of the molecule is COC(=O)N[C@H](C(=O)OCOC(=O)C(O)C[C@@H](Cc1ccc(-c2cc(Cl)ccc2F)cc1)NC(=O)c1cn(O)nn1)C(C)C. The number of rotatable bonds is 13. The molecule has 3 aromatic rings. The summed E-state index contributed by atoms with van der Waals surface area (Å²) in [5.74, 6) is -3.63. The summed E-state index contributed by atoms with van der Waals surface area (Å²) in [6.45, 7) is 2.45. The average Bonchev–Trinajstić information content (AvgIpc) is 3.43. The standard InChI is InChI=1S/C28H31ClFN5O9/c1-15(2)24(32-28(40)42-3)27(39)44-14-43-26(38)23(36)12-19(31-25(37)22-13-35(41)34-33-22)10-16-4-6-17(7-5-16)20-11-18(29)8-9-21(20)30/h4-9,11,13,15,19,23-24,36,41H,10,12,14H2,1-3H3,(H,31,37)(H,32,40)/t19-,23?,24+/m1/s1. The van der Waals surface area contributed by atoms with E-state index in [1.807, 2.05) is 0 Å². The Bertz CT molecular complexity index is 1470. The van der Waals surface area contributed by atoms with E-state index >= 15 is 0 Å². The molecule has 0 saturated heterocycles. The van der Waals surface area contributed by atoms with Gasteiger partial charge in [-0.3, -0.25) is 4.79 Å². The van der Waals surface area contributed by atoms with Gasteiger partial charge in [0.15, 0.2) is 11.8 Å². The van der Waals surface area contributed by atoms with Gasteiger partial charge in [0.2, 0.25) is 6.79 Å². The molecule has 0 saturated carbocycles. The van der Waals surface area contributed by atoms with Gasteiger partial charge in [0.05, 0.1) is 13.3 Å². The van der Waals surface area contributed by atoms with Gasteiger partial charge in [0, 0.05) is 23.0 Å². The van der Waals surface area contributed by atoms with Crippen molar-refractivity contribution in [2.24, 2.45) is 5.92 Å². The molecular weight excluding hydrogens is 605 g/mol. The monoisotopic (exact) mass is 635 g/mol. The van der Waals surface area contributed by atoms with Crippen LogP contribution in [-0.4, -0.2) is 81.5 Å². The number of benzene rings is 2. The quantitative estimate of drug-likeness (QED) is 0.123. The van der Waals surface area contributed by atoms with E-state index in [1.165, 1.54) is 18.2 Å². The van der Waals surface area contributed by atoms with E-state index in [4.69, 9.17) is 21.1 Å². The van der Waals surface area contributed by atoms with Crippen molar-refractivity contribution in [3.8, 4) is 11.1 Å². The molecule has 2 amide bonds. The van der Waals surface area contributed by atoms with Crippen molar-refractivity contribution in [2.45, 2.75) is 44.9 Å². The molecule has 0 aliphatic carbocycles. The second kappa shape index (κ2) is 15.6. The third-order valence-electron chi connectivity index (χ3n) is 6.29. The Kier molecular flexibility index (Phi) is 12.0. The van der Waals surface area contributed by atoms with Crippen molar-refractivity contribution in [2.75, 3.05) is 13.9 Å². The number of methoxy groups -OCH3 is 1. The fourth-order valence-electron chi connectivity index (χ4n) is 4.02. The fourth-order valence-corrected chi connectivity index (χ4v) is 4.19. The first-order valence-corrected chi connectivity index (χ1v) is 13.6. The number of aromatic nitrogens is 3. The van der Waals surface area contributed by atoms with Gasteiger partial charge in [-0.15, -0.1) is 5.10 Å². The molecule has 0 aliphatic rings. The van der Waals surface area contributed by atoms with Crippen molar-refractivity contribution in [3.63, 3.8) is 0 Å². The number of alkyl carbamates (subject to hydrolysis) is 1. The minimum absolute atomic E-state index is 0.103. The number of ether oxygens (including phenoxy) is 3. The highest BCUT2D eigenvalue weighted by atomic mass is 35.5. The molecule has 1 heterocycles. The van der Waals surface area contributed by atoms with Crippen LogP contribution in [0.5, 0.6) is 0 Å². The summed E-state index contributed by atoms with van der Waals surface area (Å²) in [5, 5.41) is 32.0. The third-order valence-corrected chi connectivity index (χ3v) is 6.52. The molecule has 1 unspecified atom stereocenters. The van der Waals surface area contributed by atoms with Crippen LogP contribution >= 0.6 is 11.6 Å². The zero-order valence-corrected chi connectivity index (χ0v) is 24.7. The number of hydrogen-bond acceptors (Lipinski definition) is 11. The lowest BCUT2D eigenvalue weighted by molar-refractivity contribution is -0.175. The molecule has 0 aliphatic heterocycles. The fraction of sp³-hybridized carbons (Fsp3) is 0.357. The Morgan fingerprint density at radius 3 is 2.34 bits per heavy atom. The zero-order chi connectivity index (χ0) is 32.4. The maximum Gasteiger partial charge on any atom is 0.407 e. The Morgan fingerprint density at radius 2 is 1.73 bits per heavy atom. The van der Waals surface area contributed by atoms with Crippen molar-refractivity contribution < 1.29 is 48.1 Å². The summed E-state index contributed by atoms with van der Waals surface area (Å²) in [6, 6.07) is 8.88. The molecule has 4 N–H and O–H groups in total. The van der Waals surface area contributed by atoms with Gasteiger partial charge >= 0.3 is 18.0 Å². The van der Waals surface area contributed by atoms with Crippen molar-refractivity contribution in [1.82, 2.24) is 25.8 Å². The maximum atomic E-state index is 14.3. The number of aliphatic hydroxyl groups is 1. The Morgan fingerprint density at radius 1 is 1.05 bits per heavy atom. The zero-order valence-electron chi connectivity index (χ0n) is 23.9. The first-order valence-electron chi connectivity index (χ1n) is 13.2. The molecule has 1 aromatic heterocycles. The molecule has 14 nitrogen and oxygen atoms in total. The smallest absolute Gasteiger partial charge is 0.407 e. The normalized spacial score (nSPS) is 13.0. The summed E-state index contributed by atoms with van der Waals surface area (Å²) in [5.41, 5.74) is 1.27. The maximum absolute atomic E-state index is 14.3. The second-order valence-corrected chi connectivity index (χ2v) is 10.3. The van der Waals surface area contributed by atoms with Crippen LogP contribution in [0.2, 0.25) is 5.02 Å². The summed E-state index contributed by atoms with van der Waals surface area (Å²) in [4.78, 5) is 49.3. The summed E-state index contributed by atoms with van der Waals surface area (Å²) >= 11 is 6.00. The van der Waals surface area contributed by atoms with E-state index in [1.54, 1.807) is 38.1 Å². The number of carbonyl (C=O) groups is 4. The van der Waals surface area contributed by atoms with E-state index in [-0.39, 0.29) is 24.5 Å². The Balaban J connectivity index is 1.66. The average molecular weight is 636 g/mol. The van der Waals surface area contributed by atoms with E-state index in [9.17, 15) is 33.9 Å². The van der Waals surface area contributed by atoms with Crippen molar-refractivity contribution in [1.29, 1.82) is 0 Å². The van der Waals surface area contributed by atoms with Crippen LogP contribution in [0.3, 0.4) is 0 Å².